The Morgan fingerprint density at radius 1 is 1.24 bits per heavy atom. The van der Waals surface area contributed by atoms with Gasteiger partial charge >= 0.3 is 5.97 Å². The molecule has 0 aliphatic heterocycles. The van der Waals surface area contributed by atoms with Gasteiger partial charge in [0.15, 0.2) is 0 Å². The van der Waals surface area contributed by atoms with E-state index in [1.54, 1.807) is 0 Å². The summed E-state index contributed by atoms with van der Waals surface area (Å²) in [5.74, 6) is 1.75. The summed E-state index contributed by atoms with van der Waals surface area (Å²) in [6, 6.07) is 6.27. The van der Waals surface area contributed by atoms with Crippen LogP contribution >= 0.6 is 0 Å². The lowest BCUT2D eigenvalue weighted by Crippen LogP contribution is -2.32. The highest BCUT2D eigenvalue weighted by molar-refractivity contribution is 5.91. The van der Waals surface area contributed by atoms with E-state index in [1.807, 2.05) is 6.07 Å². The molecule has 6 atom stereocenters. The molecular formula is C31H46O3. The van der Waals surface area contributed by atoms with E-state index in [-0.39, 0.29) is 11.4 Å². The predicted octanol–water partition coefficient (Wildman–Crippen LogP) is 7.64. The Hall–Kier alpha value is -1.87. The maximum absolute atomic E-state index is 12.9. The third-order valence-electron chi connectivity index (χ3n) is 8.85. The van der Waals surface area contributed by atoms with Gasteiger partial charge in [-0.2, -0.15) is 0 Å². The number of ether oxygens (including phenoxy) is 1. The van der Waals surface area contributed by atoms with Gasteiger partial charge in [0, 0.05) is 0 Å². The number of rotatable bonds is 5. The number of carbonyl (C=O) groups is 1. The van der Waals surface area contributed by atoms with Crippen LogP contribution in [0.2, 0.25) is 0 Å². The van der Waals surface area contributed by atoms with Gasteiger partial charge in [-0.3, -0.25) is 0 Å². The van der Waals surface area contributed by atoms with E-state index >= 15 is 0 Å². The normalized spacial score (nSPS) is 29.9. The largest absolute Gasteiger partial charge is 0.465 e. The topological polar surface area (TPSA) is 46.5 Å². The monoisotopic (exact) mass is 466 g/mol. The Morgan fingerprint density at radius 2 is 2.00 bits per heavy atom. The van der Waals surface area contributed by atoms with Crippen molar-refractivity contribution in [2.24, 2.45) is 23.2 Å². The zero-order chi connectivity index (χ0) is 24.9. The number of benzene rings is 1. The van der Waals surface area contributed by atoms with Crippen molar-refractivity contribution in [2.45, 2.75) is 98.0 Å². The van der Waals surface area contributed by atoms with Crippen LogP contribution in [0.4, 0.5) is 0 Å². The first-order chi connectivity index (χ1) is 16.2. The molecule has 1 aromatic carbocycles. The maximum atomic E-state index is 12.9. The Bertz CT molecular complexity index is 898. The summed E-state index contributed by atoms with van der Waals surface area (Å²) >= 11 is 0. The molecule has 3 nitrogen and oxygen atoms in total. The summed E-state index contributed by atoms with van der Waals surface area (Å²) in [6.45, 7) is 11.6. The van der Waals surface area contributed by atoms with Gasteiger partial charge < -0.3 is 9.84 Å². The quantitative estimate of drug-likeness (QED) is 0.358. The Balaban J connectivity index is 2.06. The fourth-order valence-electron chi connectivity index (χ4n) is 6.45. The zero-order valence-electron chi connectivity index (χ0n) is 22.3. The van der Waals surface area contributed by atoms with E-state index < -0.39 is 6.10 Å². The van der Waals surface area contributed by atoms with E-state index in [0.717, 1.165) is 43.2 Å². The van der Waals surface area contributed by atoms with Crippen LogP contribution < -0.4 is 0 Å². The highest BCUT2D eigenvalue weighted by atomic mass is 16.5. The number of allylic oxidation sites excluding steroid dienone is 4. The van der Waals surface area contributed by atoms with Gasteiger partial charge in [0.1, 0.15) is 0 Å². The zero-order valence-corrected chi connectivity index (χ0v) is 22.3. The Kier molecular flexibility index (Phi) is 9.20. The van der Waals surface area contributed by atoms with Crippen LogP contribution in [0.3, 0.4) is 0 Å². The van der Waals surface area contributed by atoms with Crippen LogP contribution in [0.5, 0.6) is 0 Å². The second kappa shape index (κ2) is 11.7. The minimum atomic E-state index is -0.401. The molecule has 4 rings (SSSR count). The lowest BCUT2D eigenvalue weighted by molar-refractivity contribution is 0.0596. The highest BCUT2D eigenvalue weighted by Gasteiger charge is 2.48. The van der Waals surface area contributed by atoms with Crippen LogP contribution in [-0.4, -0.2) is 24.3 Å². The van der Waals surface area contributed by atoms with Gasteiger partial charge in [0.2, 0.25) is 0 Å². The van der Waals surface area contributed by atoms with Crippen LogP contribution in [0.25, 0.3) is 0 Å². The molecule has 3 aliphatic carbocycles. The van der Waals surface area contributed by atoms with E-state index in [9.17, 15) is 9.90 Å². The molecule has 34 heavy (non-hydrogen) atoms. The van der Waals surface area contributed by atoms with Gasteiger partial charge in [0.05, 0.1) is 18.8 Å². The SMILES string of the molecule is CC[C@H](C)/C=C/[C@@H](C)[C@H]1CCC2c3ccc(cc3C(=O)OC)C[C@@H](O)CCC(C)=CCC[C@@]21C. The van der Waals surface area contributed by atoms with Crippen molar-refractivity contribution in [3.63, 3.8) is 0 Å². The molecule has 2 bridgehead atoms. The minimum absolute atomic E-state index is 0.101. The smallest absolute Gasteiger partial charge is 0.338 e. The average molecular weight is 467 g/mol. The molecule has 1 unspecified atom stereocenters. The van der Waals surface area contributed by atoms with Gasteiger partial charge in [-0.25, -0.2) is 4.79 Å². The fourth-order valence-corrected chi connectivity index (χ4v) is 6.45. The summed E-state index contributed by atoms with van der Waals surface area (Å²) < 4.78 is 5.23. The number of aliphatic hydroxyl groups is 1. The number of esters is 1. The van der Waals surface area contributed by atoms with Crippen LogP contribution in [0.15, 0.2) is 42.0 Å². The molecule has 188 valence electrons. The lowest BCUT2D eigenvalue weighted by atomic mass is 9.64. The molecular weight excluding hydrogens is 420 g/mol. The first kappa shape index (κ1) is 26.7. The predicted molar refractivity (Wildman–Crippen MR) is 141 cm³/mol. The number of methoxy groups -OCH3 is 1. The Morgan fingerprint density at radius 3 is 2.71 bits per heavy atom. The number of hydrogen-bond acceptors (Lipinski definition) is 3. The molecule has 3 heteroatoms. The van der Waals surface area contributed by atoms with Crippen molar-refractivity contribution < 1.29 is 14.6 Å². The van der Waals surface area contributed by atoms with Gasteiger partial charge in [-0.05, 0) is 98.1 Å². The maximum Gasteiger partial charge on any atom is 0.338 e. The first-order valence-corrected chi connectivity index (χ1v) is 13.4. The number of carbonyl (C=O) groups excluding carboxylic acids is 1. The summed E-state index contributed by atoms with van der Waals surface area (Å²) in [4.78, 5) is 12.9. The Labute approximate surface area is 207 Å². The number of fused-ring (bicyclic) bond motifs is 8. The lowest BCUT2D eigenvalue weighted by Gasteiger charge is -2.40. The van der Waals surface area contributed by atoms with E-state index in [1.165, 1.54) is 25.5 Å². The first-order valence-electron chi connectivity index (χ1n) is 13.4. The van der Waals surface area contributed by atoms with Crippen molar-refractivity contribution in [3.8, 4) is 0 Å². The summed E-state index contributed by atoms with van der Waals surface area (Å²) in [7, 11) is 1.47. The molecule has 3 aliphatic rings. The fraction of sp³-hybridized carbons (Fsp3) is 0.645. The minimum Gasteiger partial charge on any atom is -0.465 e. The van der Waals surface area contributed by atoms with E-state index in [2.05, 4.69) is 65.0 Å². The molecule has 0 saturated heterocycles. The van der Waals surface area contributed by atoms with Crippen LogP contribution in [0.1, 0.15) is 107 Å². The van der Waals surface area contributed by atoms with Crippen LogP contribution in [0, 0.1) is 23.2 Å². The van der Waals surface area contributed by atoms with Crippen LogP contribution in [-0.2, 0) is 11.2 Å². The third kappa shape index (κ3) is 6.03. The second-order valence-electron chi connectivity index (χ2n) is 11.3. The molecule has 1 saturated carbocycles. The molecule has 0 spiro atoms. The summed E-state index contributed by atoms with van der Waals surface area (Å²) in [5.41, 5.74) is 4.31. The number of aliphatic hydroxyl groups excluding tert-OH is 1. The van der Waals surface area contributed by atoms with Gasteiger partial charge in [0.25, 0.3) is 0 Å². The number of hydrogen-bond donors (Lipinski definition) is 1. The van der Waals surface area contributed by atoms with Crippen molar-refractivity contribution in [1.82, 2.24) is 0 Å². The average Bonchev–Trinajstić information content (AvgIpc) is 3.16. The molecule has 1 aromatic rings. The molecule has 1 N–H and O–H groups in total. The molecule has 0 heterocycles. The second-order valence-corrected chi connectivity index (χ2v) is 11.3. The summed E-state index contributed by atoms with van der Waals surface area (Å²) in [6.07, 6.45) is 14.7. The molecule has 0 amide bonds. The molecule has 1 fully saturated rings. The summed E-state index contributed by atoms with van der Waals surface area (Å²) in [5, 5.41) is 10.6. The van der Waals surface area contributed by atoms with Gasteiger partial charge in [-0.15, -0.1) is 0 Å². The molecule has 0 aromatic heterocycles. The van der Waals surface area contributed by atoms with E-state index in [4.69, 9.17) is 4.74 Å². The van der Waals surface area contributed by atoms with Crippen molar-refractivity contribution in [3.05, 3.63) is 58.7 Å². The van der Waals surface area contributed by atoms with Crippen molar-refractivity contribution >= 4 is 5.97 Å². The van der Waals surface area contributed by atoms with E-state index in [0.29, 0.717) is 35.7 Å². The van der Waals surface area contributed by atoms with Crippen molar-refractivity contribution in [1.29, 1.82) is 0 Å². The van der Waals surface area contributed by atoms with Gasteiger partial charge in [-0.1, -0.05) is 70.0 Å². The molecule has 0 radical (unpaired) electrons. The third-order valence-corrected chi connectivity index (χ3v) is 8.85. The van der Waals surface area contributed by atoms with Crippen molar-refractivity contribution in [2.75, 3.05) is 7.11 Å². The highest BCUT2D eigenvalue weighted by Crippen LogP contribution is 2.58. The standard InChI is InChI=1S/C31H46O3/c1-7-21(2)10-12-23(4)28-16-17-29-26-15-13-24(20-27(26)30(33)34-6)19-25(32)14-11-22(3)9-8-18-31(28,29)5/h9-10,12-13,15,20-21,23,25,28-29,32H,7-8,11,14,16-19H2,1-6H3/b12-10+,22-9?/t21-,23+,25-,28+,29?,31+/m0/s1.